The molecule has 116 valence electrons. The molecule has 0 unspecified atom stereocenters. The fourth-order valence-electron chi connectivity index (χ4n) is 2.36. The van der Waals surface area contributed by atoms with Crippen molar-refractivity contribution in [1.29, 1.82) is 0 Å². The molecule has 0 spiro atoms. The van der Waals surface area contributed by atoms with Gasteiger partial charge < -0.3 is 10.6 Å². The first-order valence-electron chi connectivity index (χ1n) is 7.42. The van der Waals surface area contributed by atoms with E-state index in [0.29, 0.717) is 12.5 Å². The van der Waals surface area contributed by atoms with E-state index in [4.69, 9.17) is 0 Å². The summed E-state index contributed by atoms with van der Waals surface area (Å²) in [5.74, 6) is 0.351. The van der Waals surface area contributed by atoms with E-state index in [1.807, 2.05) is 17.8 Å². The zero-order valence-corrected chi connectivity index (χ0v) is 14.2. The van der Waals surface area contributed by atoms with Crippen molar-refractivity contribution in [2.45, 2.75) is 39.7 Å². The van der Waals surface area contributed by atoms with Crippen molar-refractivity contribution >= 4 is 27.5 Å². The molecule has 1 atom stereocenters. The Labute approximate surface area is 129 Å². The third-order valence-corrected chi connectivity index (χ3v) is 4.63. The standard InChI is InChI=1S/C15H24N4OS/c1-6-16-10(4)8-17-14(20)12-7-11-13(9(2)3)18-19(5)15(11)21-12/h7,9-10,16H,6,8H2,1-5H3,(H,17,20)/t10-/m1/s1. The van der Waals surface area contributed by atoms with Crippen LogP contribution in [0.1, 0.15) is 49.0 Å². The Hall–Kier alpha value is -1.40. The van der Waals surface area contributed by atoms with Gasteiger partial charge in [0.2, 0.25) is 0 Å². The smallest absolute Gasteiger partial charge is 0.261 e. The molecular weight excluding hydrogens is 284 g/mol. The Bertz CT molecular complexity index is 629. The van der Waals surface area contributed by atoms with Gasteiger partial charge in [0, 0.05) is 25.0 Å². The number of rotatable bonds is 6. The van der Waals surface area contributed by atoms with Crippen LogP contribution in [-0.2, 0) is 7.05 Å². The predicted octanol–water partition coefficient (Wildman–Crippen LogP) is 2.49. The quantitative estimate of drug-likeness (QED) is 0.862. The van der Waals surface area contributed by atoms with Crippen LogP contribution in [0.2, 0.25) is 0 Å². The van der Waals surface area contributed by atoms with E-state index in [1.165, 1.54) is 11.3 Å². The maximum atomic E-state index is 12.3. The van der Waals surface area contributed by atoms with Crippen LogP contribution in [0.25, 0.3) is 10.2 Å². The summed E-state index contributed by atoms with van der Waals surface area (Å²) >= 11 is 1.50. The maximum absolute atomic E-state index is 12.3. The minimum Gasteiger partial charge on any atom is -0.350 e. The molecule has 0 saturated carbocycles. The average molecular weight is 308 g/mol. The topological polar surface area (TPSA) is 58.9 Å². The van der Waals surface area contributed by atoms with E-state index in [1.54, 1.807) is 0 Å². The number of hydrogen-bond acceptors (Lipinski definition) is 4. The average Bonchev–Trinajstić information content (AvgIpc) is 2.97. The Balaban J connectivity index is 2.15. The van der Waals surface area contributed by atoms with E-state index < -0.39 is 0 Å². The van der Waals surface area contributed by atoms with Crippen LogP contribution >= 0.6 is 11.3 Å². The van der Waals surface area contributed by atoms with Gasteiger partial charge >= 0.3 is 0 Å². The van der Waals surface area contributed by atoms with Crippen molar-refractivity contribution in [3.05, 3.63) is 16.6 Å². The highest BCUT2D eigenvalue weighted by Crippen LogP contribution is 2.31. The number of amides is 1. The maximum Gasteiger partial charge on any atom is 0.261 e. The monoisotopic (exact) mass is 308 g/mol. The van der Waals surface area contributed by atoms with Crippen LogP contribution in [0.5, 0.6) is 0 Å². The molecule has 2 N–H and O–H groups in total. The number of likely N-dealkylation sites (N-methyl/N-ethyl adjacent to an activating group) is 1. The molecule has 5 nitrogen and oxygen atoms in total. The second-order valence-electron chi connectivity index (χ2n) is 5.66. The lowest BCUT2D eigenvalue weighted by Crippen LogP contribution is -2.38. The van der Waals surface area contributed by atoms with Gasteiger partial charge in [0.05, 0.1) is 10.6 Å². The SMILES string of the molecule is CCN[C@H](C)CNC(=O)c1cc2c(C(C)C)nn(C)c2s1. The third-order valence-electron chi connectivity index (χ3n) is 3.43. The van der Waals surface area contributed by atoms with Crippen LogP contribution in [0.4, 0.5) is 0 Å². The van der Waals surface area contributed by atoms with Gasteiger partial charge in [0.25, 0.3) is 5.91 Å². The number of carbonyl (C=O) groups is 1. The highest BCUT2D eigenvalue weighted by molar-refractivity contribution is 7.20. The summed E-state index contributed by atoms with van der Waals surface area (Å²) in [5.41, 5.74) is 1.06. The second kappa shape index (κ2) is 6.58. The van der Waals surface area contributed by atoms with Gasteiger partial charge in [-0.15, -0.1) is 11.3 Å². The van der Waals surface area contributed by atoms with E-state index in [-0.39, 0.29) is 11.9 Å². The number of carbonyl (C=O) groups excluding carboxylic acids is 1. The lowest BCUT2D eigenvalue weighted by atomic mass is 10.1. The van der Waals surface area contributed by atoms with E-state index in [0.717, 1.165) is 27.3 Å². The first-order valence-corrected chi connectivity index (χ1v) is 8.23. The number of hydrogen-bond donors (Lipinski definition) is 2. The number of nitrogens with zero attached hydrogens (tertiary/aromatic N) is 2. The van der Waals surface area contributed by atoms with Gasteiger partial charge in [-0.2, -0.15) is 5.10 Å². The van der Waals surface area contributed by atoms with Gasteiger partial charge in [0.15, 0.2) is 0 Å². The number of aryl methyl sites for hydroxylation is 1. The summed E-state index contributed by atoms with van der Waals surface area (Å²) < 4.78 is 1.87. The minimum atomic E-state index is -0.00402. The molecule has 2 heterocycles. The molecule has 0 saturated heterocycles. The molecule has 0 aliphatic rings. The molecule has 0 aliphatic carbocycles. The number of fused-ring (bicyclic) bond motifs is 1. The molecule has 2 aromatic heterocycles. The zero-order valence-electron chi connectivity index (χ0n) is 13.4. The molecule has 0 aromatic carbocycles. The van der Waals surface area contributed by atoms with Crippen molar-refractivity contribution in [3.8, 4) is 0 Å². The van der Waals surface area contributed by atoms with Gasteiger partial charge in [-0.25, -0.2) is 0 Å². The first kappa shape index (κ1) is 16.0. The van der Waals surface area contributed by atoms with E-state index in [2.05, 4.69) is 43.4 Å². The van der Waals surface area contributed by atoms with Crippen molar-refractivity contribution < 1.29 is 4.79 Å². The first-order chi connectivity index (χ1) is 9.93. The van der Waals surface area contributed by atoms with Gasteiger partial charge in [-0.05, 0) is 25.5 Å². The number of aromatic nitrogens is 2. The van der Waals surface area contributed by atoms with Crippen LogP contribution in [0.15, 0.2) is 6.07 Å². The van der Waals surface area contributed by atoms with Crippen molar-refractivity contribution in [2.24, 2.45) is 7.05 Å². The van der Waals surface area contributed by atoms with Crippen LogP contribution < -0.4 is 10.6 Å². The molecule has 21 heavy (non-hydrogen) atoms. The highest BCUT2D eigenvalue weighted by atomic mass is 32.1. The fraction of sp³-hybridized carbons (Fsp3) is 0.600. The van der Waals surface area contributed by atoms with Crippen molar-refractivity contribution in [3.63, 3.8) is 0 Å². The van der Waals surface area contributed by atoms with Crippen LogP contribution in [0, 0.1) is 0 Å². The summed E-state index contributed by atoms with van der Waals surface area (Å²) in [6, 6.07) is 2.25. The molecule has 0 bridgehead atoms. The molecule has 0 radical (unpaired) electrons. The van der Waals surface area contributed by atoms with Gasteiger partial charge in [0.1, 0.15) is 4.83 Å². The Morgan fingerprint density at radius 2 is 2.14 bits per heavy atom. The van der Waals surface area contributed by atoms with Crippen molar-refractivity contribution in [2.75, 3.05) is 13.1 Å². The Kier molecular flexibility index (Phi) is 5.00. The summed E-state index contributed by atoms with van der Waals surface area (Å²) in [6.45, 7) is 9.91. The molecule has 1 amide bonds. The van der Waals surface area contributed by atoms with Crippen molar-refractivity contribution in [1.82, 2.24) is 20.4 Å². The second-order valence-corrected chi connectivity index (χ2v) is 6.69. The predicted molar refractivity (Wildman–Crippen MR) is 88.2 cm³/mol. The molecule has 0 aliphatic heterocycles. The normalized spacial score (nSPS) is 13.0. The molecule has 2 aromatic rings. The summed E-state index contributed by atoms with van der Waals surface area (Å²) in [6.07, 6.45) is 0. The zero-order chi connectivity index (χ0) is 15.6. The lowest BCUT2D eigenvalue weighted by Gasteiger charge is -2.12. The number of thiophene rings is 1. The molecular formula is C15H24N4OS. The Morgan fingerprint density at radius 1 is 1.43 bits per heavy atom. The number of nitrogens with one attached hydrogen (secondary N) is 2. The van der Waals surface area contributed by atoms with Crippen LogP contribution in [-0.4, -0.2) is 34.8 Å². The van der Waals surface area contributed by atoms with Gasteiger partial charge in [-0.1, -0.05) is 20.8 Å². The third kappa shape index (κ3) is 3.44. The molecule has 2 rings (SSSR count). The van der Waals surface area contributed by atoms with E-state index >= 15 is 0 Å². The van der Waals surface area contributed by atoms with Gasteiger partial charge in [-0.3, -0.25) is 9.48 Å². The minimum absolute atomic E-state index is 0.00402. The highest BCUT2D eigenvalue weighted by Gasteiger charge is 2.18. The Morgan fingerprint density at radius 3 is 2.76 bits per heavy atom. The molecule has 6 heteroatoms. The largest absolute Gasteiger partial charge is 0.350 e. The summed E-state index contributed by atoms with van der Waals surface area (Å²) in [4.78, 5) is 14.1. The fourth-order valence-corrected chi connectivity index (χ4v) is 3.35. The molecule has 0 fully saturated rings. The summed E-state index contributed by atoms with van der Waals surface area (Å²) in [7, 11) is 1.93. The van der Waals surface area contributed by atoms with Crippen LogP contribution in [0.3, 0.4) is 0 Å². The lowest BCUT2D eigenvalue weighted by molar-refractivity contribution is 0.0954. The van der Waals surface area contributed by atoms with E-state index in [9.17, 15) is 4.79 Å². The summed E-state index contributed by atoms with van der Waals surface area (Å²) in [5, 5.41) is 11.9.